The largest absolute Gasteiger partial charge is 0.377 e. The third kappa shape index (κ3) is 3.71. The molecule has 0 spiro atoms. The molecule has 0 radical (unpaired) electrons. The maximum atomic E-state index is 12.2. The normalized spacial score (nSPS) is 16.6. The first-order chi connectivity index (χ1) is 13.3. The second-order valence-electron chi connectivity index (χ2n) is 5.53. The molecule has 12 nitrogen and oxygen atoms in total. The summed E-state index contributed by atoms with van der Waals surface area (Å²) in [4.78, 5) is 18.7. The Morgan fingerprint density at radius 3 is 2.14 bits per heavy atom. The van der Waals surface area contributed by atoms with E-state index in [4.69, 9.17) is 4.18 Å². The maximum absolute atomic E-state index is 12.2. The Labute approximate surface area is 170 Å². The van der Waals surface area contributed by atoms with Gasteiger partial charge < -0.3 is 4.18 Å². The number of halogens is 1. The highest BCUT2D eigenvalue weighted by atomic mass is 79.9. The van der Waals surface area contributed by atoms with Gasteiger partial charge in [0, 0.05) is 35.4 Å². The molecular formula is C14H7BrN2O10S2. The van der Waals surface area contributed by atoms with Crippen molar-refractivity contribution in [1.82, 2.24) is 0 Å². The van der Waals surface area contributed by atoms with E-state index < -0.39 is 57.0 Å². The van der Waals surface area contributed by atoms with E-state index in [9.17, 15) is 41.6 Å². The summed E-state index contributed by atoms with van der Waals surface area (Å²) in [5.41, 5.74) is -1.58. The number of rotatable bonds is 4. The maximum Gasteiger partial charge on any atom is 0.340 e. The minimum absolute atomic E-state index is 0.109. The van der Waals surface area contributed by atoms with E-state index in [1.165, 1.54) is 0 Å². The first-order valence-corrected chi connectivity index (χ1v) is 10.9. The van der Waals surface area contributed by atoms with Crippen molar-refractivity contribution in [3.05, 3.63) is 67.8 Å². The highest BCUT2D eigenvalue weighted by Crippen LogP contribution is 2.45. The van der Waals surface area contributed by atoms with Gasteiger partial charge in [-0.05, 0) is 28.1 Å². The number of nitrogens with zero attached hydrogens (tertiary/aromatic N) is 2. The molecule has 0 saturated heterocycles. The molecule has 152 valence electrons. The number of nitro groups is 2. The van der Waals surface area contributed by atoms with Crippen LogP contribution in [0.5, 0.6) is 0 Å². The lowest BCUT2D eigenvalue weighted by Crippen LogP contribution is -2.04. The van der Waals surface area contributed by atoms with Gasteiger partial charge >= 0.3 is 10.1 Å². The molecule has 0 atom stereocenters. The molecule has 0 bridgehead atoms. The van der Waals surface area contributed by atoms with Crippen molar-refractivity contribution >= 4 is 57.8 Å². The van der Waals surface area contributed by atoms with Crippen LogP contribution >= 0.6 is 15.9 Å². The average molecular weight is 507 g/mol. The number of benzene rings is 2. The molecular weight excluding hydrogens is 500 g/mol. The van der Waals surface area contributed by atoms with Gasteiger partial charge in [0.15, 0.2) is 5.76 Å². The third-order valence-corrected chi connectivity index (χ3v) is 6.72. The lowest BCUT2D eigenvalue weighted by atomic mass is 10.1. The van der Waals surface area contributed by atoms with Crippen LogP contribution < -0.4 is 0 Å². The number of fused-ring (bicyclic) bond motifs is 1. The van der Waals surface area contributed by atoms with E-state index >= 15 is 0 Å². The van der Waals surface area contributed by atoms with Crippen molar-refractivity contribution in [3.8, 4) is 0 Å². The van der Waals surface area contributed by atoms with Crippen LogP contribution in [0.15, 0.2) is 46.2 Å². The van der Waals surface area contributed by atoms with Crippen LogP contribution in [0, 0.1) is 20.2 Å². The minimum Gasteiger partial charge on any atom is -0.377 e. The van der Waals surface area contributed by atoms with Crippen LogP contribution in [0.4, 0.5) is 11.4 Å². The van der Waals surface area contributed by atoms with Gasteiger partial charge in [-0.15, -0.1) is 0 Å². The summed E-state index contributed by atoms with van der Waals surface area (Å²) < 4.78 is 61.9. The van der Waals surface area contributed by atoms with E-state index in [2.05, 4.69) is 15.9 Å². The zero-order valence-corrected chi connectivity index (χ0v) is 16.9. The quantitative estimate of drug-likeness (QED) is 0.279. The van der Waals surface area contributed by atoms with Crippen molar-refractivity contribution in [2.75, 3.05) is 0 Å². The molecule has 1 aliphatic rings. The first-order valence-electron chi connectivity index (χ1n) is 7.22. The molecule has 0 unspecified atom stereocenters. The SMILES string of the molecule is O=[N+]([O-])c1ccc(C(Br)=C2OS(=O)(=O)c3cc([N+](=O)[O-])ccc32)c(S(=O)(=O)O)c1. The highest BCUT2D eigenvalue weighted by Gasteiger charge is 2.37. The molecule has 1 heterocycles. The van der Waals surface area contributed by atoms with Crippen LogP contribution in [0.2, 0.25) is 0 Å². The Bertz CT molecular complexity index is 1330. The zero-order valence-electron chi connectivity index (χ0n) is 13.7. The van der Waals surface area contributed by atoms with Gasteiger partial charge in [0.05, 0.1) is 14.3 Å². The fourth-order valence-corrected chi connectivity index (χ4v) is 5.29. The monoisotopic (exact) mass is 506 g/mol. The summed E-state index contributed by atoms with van der Waals surface area (Å²) in [6.45, 7) is 0. The first kappa shape index (κ1) is 20.8. The van der Waals surface area contributed by atoms with Gasteiger partial charge in [-0.25, -0.2) is 0 Å². The molecule has 0 fully saturated rings. The van der Waals surface area contributed by atoms with Gasteiger partial charge in [0.25, 0.3) is 21.5 Å². The molecule has 2 aromatic rings. The molecule has 0 aromatic heterocycles. The fraction of sp³-hybridized carbons (Fsp3) is 0. The van der Waals surface area contributed by atoms with Crippen molar-refractivity contribution < 1.29 is 35.4 Å². The molecule has 1 aliphatic heterocycles. The molecule has 3 rings (SSSR count). The molecule has 1 N–H and O–H groups in total. The number of hydrogen-bond acceptors (Lipinski definition) is 9. The predicted octanol–water partition coefficient (Wildman–Crippen LogP) is 2.69. The van der Waals surface area contributed by atoms with E-state index in [1.54, 1.807) is 0 Å². The molecule has 0 saturated carbocycles. The predicted molar refractivity (Wildman–Crippen MR) is 100 cm³/mol. The molecule has 2 aromatic carbocycles. The fourth-order valence-electron chi connectivity index (χ4n) is 2.51. The van der Waals surface area contributed by atoms with Gasteiger partial charge in [-0.2, -0.15) is 16.8 Å². The van der Waals surface area contributed by atoms with Gasteiger partial charge in [-0.1, -0.05) is 0 Å². The second-order valence-corrected chi connectivity index (χ2v) is 9.23. The van der Waals surface area contributed by atoms with Crippen LogP contribution in [0.1, 0.15) is 11.1 Å². The summed E-state index contributed by atoms with van der Waals surface area (Å²) in [6, 6.07) is 5.38. The highest BCUT2D eigenvalue weighted by molar-refractivity contribution is 9.15. The van der Waals surface area contributed by atoms with Crippen LogP contribution in [0.25, 0.3) is 10.2 Å². The molecule has 0 aliphatic carbocycles. The second kappa shape index (κ2) is 6.87. The van der Waals surface area contributed by atoms with E-state index in [0.717, 1.165) is 30.3 Å². The van der Waals surface area contributed by atoms with Crippen molar-refractivity contribution in [3.63, 3.8) is 0 Å². The lowest BCUT2D eigenvalue weighted by Gasteiger charge is -2.09. The van der Waals surface area contributed by atoms with Crippen LogP contribution in [-0.2, 0) is 24.4 Å². The van der Waals surface area contributed by atoms with Crippen molar-refractivity contribution in [2.24, 2.45) is 0 Å². The van der Waals surface area contributed by atoms with Gasteiger partial charge in [0.2, 0.25) is 0 Å². The summed E-state index contributed by atoms with van der Waals surface area (Å²) in [7, 11) is -9.40. The van der Waals surface area contributed by atoms with E-state index in [0.29, 0.717) is 6.07 Å². The van der Waals surface area contributed by atoms with Gasteiger partial charge in [-0.3, -0.25) is 24.8 Å². The van der Waals surface area contributed by atoms with E-state index in [-0.39, 0.29) is 15.6 Å². The topological polar surface area (TPSA) is 184 Å². The summed E-state index contributed by atoms with van der Waals surface area (Å²) in [5, 5.41) is 21.8. The van der Waals surface area contributed by atoms with Crippen LogP contribution in [-0.4, -0.2) is 31.2 Å². The Morgan fingerprint density at radius 1 is 1.03 bits per heavy atom. The van der Waals surface area contributed by atoms with Crippen molar-refractivity contribution in [1.29, 1.82) is 0 Å². The average Bonchev–Trinajstić information content (AvgIpc) is 2.90. The van der Waals surface area contributed by atoms with Gasteiger partial charge in [0.1, 0.15) is 9.79 Å². The zero-order chi connectivity index (χ0) is 21.7. The lowest BCUT2D eigenvalue weighted by molar-refractivity contribution is -0.385. The number of hydrogen-bond donors (Lipinski definition) is 1. The minimum atomic E-state index is -4.95. The Balaban J connectivity index is 2.31. The smallest absolute Gasteiger partial charge is 0.340 e. The third-order valence-electron chi connectivity index (χ3n) is 3.77. The Kier molecular flexibility index (Phi) is 4.94. The Morgan fingerprint density at radius 2 is 1.59 bits per heavy atom. The van der Waals surface area contributed by atoms with E-state index in [1.807, 2.05) is 0 Å². The standard InChI is InChI=1S/C14H7BrN2O10S2/c15-13(9-3-1-7(16(18)19)5-11(9)28(22,23)24)14-10-4-2-8(17(20)21)6-12(10)29(25,26)27-14/h1-6H,(H,22,23,24). The summed E-state index contributed by atoms with van der Waals surface area (Å²) in [6.07, 6.45) is 0. The molecule has 29 heavy (non-hydrogen) atoms. The van der Waals surface area contributed by atoms with Crippen molar-refractivity contribution in [2.45, 2.75) is 9.79 Å². The molecule has 0 amide bonds. The summed E-state index contributed by atoms with van der Waals surface area (Å²) >= 11 is 3.00. The summed E-state index contributed by atoms with van der Waals surface area (Å²) in [5.74, 6) is -0.409. The van der Waals surface area contributed by atoms with Crippen LogP contribution in [0.3, 0.4) is 0 Å². The molecule has 15 heteroatoms. The Hall–Kier alpha value is -2.88. The number of non-ortho nitro benzene ring substituents is 2. The number of nitro benzene ring substituents is 2.